The third-order valence-electron chi connectivity index (χ3n) is 4.64. The molecule has 2 aromatic carbocycles. The van der Waals surface area contributed by atoms with Gasteiger partial charge in [-0.2, -0.15) is 0 Å². The maximum atomic E-state index is 13.3. The number of fused-ring (bicyclic) bond motifs is 1. The fourth-order valence-electron chi connectivity index (χ4n) is 3.10. The molecule has 0 bridgehead atoms. The number of benzene rings is 2. The lowest BCUT2D eigenvalue weighted by atomic mass is 10.1. The number of carbonyl (C=O) groups excluding carboxylic acids is 1. The van der Waals surface area contributed by atoms with Crippen LogP contribution in [0.15, 0.2) is 65.1 Å². The van der Waals surface area contributed by atoms with Gasteiger partial charge in [0.2, 0.25) is 15.9 Å². The van der Waals surface area contributed by atoms with Crippen LogP contribution in [0.1, 0.15) is 6.42 Å². The Morgan fingerprint density at radius 2 is 1.78 bits per heavy atom. The molecule has 0 saturated heterocycles. The topological polar surface area (TPSA) is 127 Å². The second-order valence-electron chi connectivity index (χ2n) is 6.85. The van der Waals surface area contributed by atoms with Gasteiger partial charge in [-0.1, -0.05) is 12.1 Å². The summed E-state index contributed by atoms with van der Waals surface area (Å²) in [5.74, 6) is 0.0179. The first-order valence-corrected chi connectivity index (χ1v) is 11.9. The first-order valence-electron chi connectivity index (χ1n) is 9.46. The molecule has 4 rings (SSSR count). The number of amides is 1. The Labute approximate surface area is 187 Å². The van der Waals surface area contributed by atoms with Crippen LogP contribution in [-0.2, 0) is 14.8 Å². The predicted octanol–water partition coefficient (Wildman–Crippen LogP) is 3.59. The minimum atomic E-state index is -3.78. The number of sulfonamides is 1. The van der Waals surface area contributed by atoms with Crippen LogP contribution in [-0.4, -0.2) is 30.8 Å². The quantitative estimate of drug-likeness (QED) is 0.378. The zero-order valence-electron chi connectivity index (χ0n) is 16.6. The van der Waals surface area contributed by atoms with Crippen LogP contribution >= 0.6 is 11.3 Å². The van der Waals surface area contributed by atoms with E-state index in [0.717, 1.165) is 21.3 Å². The second kappa shape index (κ2) is 8.99. The molecule has 0 atom stereocenters. The van der Waals surface area contributed by atoms with Crippen LogP contribution < -0.4 is 15.8 Å². The van der Waals surface area contributed by atoms with E-state index in [-0.39, 0.29) is 23.0 Å². The molecule has 4 N–H and O–H groups in total. The Morgan fingerprint density at radius 1 is 1.06 bits per heavy atom. The van der Waals surface area contributed by atoms with E-state index in [0.29, 0.717) is 18.1 Å². The zero-order chi connectivity index (χ0) is 22.7. The summed E-state index contributed by atoms with van der Waals surface area (Å²) in [5, 5.41) is 13.7. The maximum absolute atomic E-state index is 13.3. The lowest BCUT2D eigenvalue weighted by Crippen LogP contribution is -2.17. The van der Waals surface area contributed by atoms with Crippen LogP contribution in [0, 0.1) is 5.82 Å². The SMILES string of the molecule is NS(=O)(=O)c1ccc(NC(=O)CCNc2ncnc3scc(-c4ccc(F)cc4)c23)cc1. The standard InChI is InChI=1S/C21H18FN5O3S2/c22-14-3-1-13(2-4-14)17-11-31-21-19(17)20(25-12-26-21)24-10-9-18(28)27-15-5-7-16(8-6-15)32(23,29)30/h1-8,11-12H,9-10H2,(H,27,28)(H2,23,29,30)(H,24,25,26). The normalized spacial score (nSPS) is 11.4. The zero-order valence-corrected chi connectivity index (χ0v) is 18.2. The Hall–Kier alpha value is -3.41. The number of thiophene rings is 1. The van der Waals surface area contributed by atoms with Crippen molar-refractivity contribution < 1.29 is 17.6 Å². The maximum Gasteiger partial charge on any atom is 0.238 e. The number of nitrogens with one attached hydrogen (secondary N) is 2. The monoisotopic (exact) mass is 471 g/mol. The van der Waals surface area contributed by atoms with Gasteiger partial charge in [0.05, 0.1) is 10.3 Å². The number of rotatable bonds is 7. The van der Waals surface area contributed by atoms with Gasteiger partial charge in [0.15, 0.2) is 0 Å². The van der Waals surface area contributed by atoms with E-state index >= 15 is 0 Å². The van der Waals surface area contributed by atoms with Gasteiger partial charge in [-0.15, -0.1) is 11.3 Å². The fraction of sp³-hybridized carbons (Fsp3) is 0.0952. The Bertz CT molecular complexity index is 1370. The molecule has 164 valence electrons. The van der Waals surface area contributed by atoms with E-state index in [1.165, 1.54) is 54.1 Å². The highest BCUT2D eigenvalue weighted by molar-refractivity contribution is 7.89. The lowest BCUT2D eigenvalue weighted by molar-refractivity contribution is -0.115. The molecule has 0 radical (unpaired) electrons. The molecule has 0 aliphatic carbocycles. The summed E-state index contributed by atoms with van der Waals surface area (Å²) in [6.07, 6.45) is 1.60. The molecule has 0 saturated carbocycles. The number of hydrogen-bond acceptors (Lipinski definition) is 7. The van der Waals surface area contributed by atoms with Gasteiger partial charge in [-0.3, -0.25) is 4.79 Å². The van der Waals surface area contributed by atoms with Crippen molar-refractivity contribution in [1.29, 1.82) is 0 Å². The number of aromatic nitrogens is 2. The first kappa shape index (κ1) is 21.8. The van der Waals surface area contributed by atoms with Crippen molar-refractivity contribution in [1.82, 2.24) is 9.97 Å². The van der Waals surface area contributed by atoms with Gasteiger partial charge in [0.1, 0.15) is 22.8 Å². The summed E-state index contributed by atoms with van der Waals surface area (Å²) in [4.78, 5) is 21.6. The Kier molecular flexibility index (Phi) is 6.12. The third kappa shape index (κ3) is 4.90. The van der Waals surface area contributed by atoms with E-state index in [9.17, 15) is 17.6 Å². The van der Waals surface area contributed by atoms with Gasteiger partial charge in [0, 0.05) is 29.6 Å². The number of primary sulfonamides is 1. The molecule has 4 aromatic rings. The Morgan fingerprint density at radius 3 is 2.47 bits per heavy atom. The van der Waals surface area contributed by atoms with Gasteiger partial charge in [-0.25, -0.2) is 27.9 Å². The van der Waals surface area contributed by atoms with Crippen molar-refractivity contribution in [2.75, 3.05) is 17.2 Å². The summed E-state index contributed by atoms with van der Waals surface area (Å²) in [6, 6.07) is 11.8. The number of nitrogens with zero attached hydrogens (tertiary/aromatic N) is 2. The number of anilines is 2. The second-order valence-corrected chi connectivity index (χ2v) is 9.27. The summed E-state index contributed by atoms with van der Waals surface area (Å²) in [5.41, 5.74) is 2.19. The van der Waals surface area contributed by atoms with E-state index in [1.807, 2.05) is 5.38 Å². The minimum Gasteiger partial charge on any atom is -0.369 e. The molecule has 0 spiro atoms. The molecule has 2 aromatic heterocycles. The van der Waals surface area contributed by atoms with Crippen molar-refractivity contribution >= 4 is 49.0 Å². The largest absolute Gasteiger partial charge is 0.369 e. The molecule has 32 heavy (non-hydrogen) atoms. The van der Waals surface area contributed by atoms with Gasteiger partial charge in [-0.05, 0) is 42.0 Å². The highest BCUT2D eigenvalue weighted by Gasteiger charge is 2.14. The van der Waals surface area contributed by atoms with Crippen molar-refractivity contribution in [3.05, 3.63) is 66.1 Å². The van der Waals surface area contributed by atoms with Crippen LogP contribution in [0.3, 0.4) is 0 Å². The van der Waals surface area contributed by atoms with Crippen LogP contribution in [0.25, 0.3) is 21.3 Å². The predicted molar refractivity (Wildman–Crippen MR) is 122 cm³/mol. The fourth-order valence-corrected chi connectivity index (χ4v) is 4.53. The van der Waals surface area contributed by atoms with Crippen molar-refractivity contribution in [2.24, 2.45) is 5.14 Å². The molecule has 8 nitrogen and oxygen atoms in total. The lowest BCUT2D eigenvalue weighted by Gasteiger charge is -2.09. The van der Waals surface area contributed by atoms with Crippen LogP contribution in [0.5, 0.6) is 0 Å². The molecular formula is C21H18FN5O3S2. The van der Waals surface area contributed by atoms with Gasteiger partial charge >= 0.3 is 0 Å². The number of nitrogens with two attached hydrogens (primary N) is 1. The van der Waals surface area contributed by atoms with Gasteiger partial charge < -0.3 is 10.6 Å². The number of halogens is 1. The van der Waals surface area contributed by atoms with E-state index in [1.54, 1.807) is 12.1 Å². The van der Waals surface area contributed by atoms with Crippen LogP contribution in [0.4, 0.5) is 15.9 Å². The van der Waals surface area contributed by atoms with Crippen LogP contribution in [0.2, 0.25) is 0 Å². The number of carbonyl (C=O) groups is 1. The number of hydrogen-bond donors (Lipinski definition) is 3. The molecule has 0 aliphatic heterocycles. The van der Waals surface area contributed by atoms with Crippen molar-refractivity contribution in [3.8, 4) is 11.1 Å². The average molecular weight is 472 g/mol. The Balaban J connectivity index is 1.43. The summed E-state index contributed by atoms with van der Waals surface area (Å²) >= 11 is 1.46. The van der Waals surface area contributed by atoms with E-state index < -0.39 is 10.0 Å². The molecule has 11 heteroatoms. The molecule has 2 heterocycles. The molecular weight excluding hydrogens is 453 g/mol. The van der Waals surface area contributed by atoms with Crippen molar-refractivity contribution in [3.63, 3.8) is 0 Å². The van der Waals surface area contributed by atoms with Crippen molar-refractivity contribution in [2.45, 2.75) is 11.3 Å². The van der Waals surface area contributed by atoms with Gasteiger partial charge in [0.25, 0.3) is 0 Å². The summed E-state index contributed by atoms with van der Waals surface area (Å²) in [6.45, 7) is 0.311. The smallest absolute Gasteiger partial charge is 0.238 e. The summed E-state index contributed by atoms with van der Waals surface area (Å²) < 4.78 is 35.9. The third-order valence-corrected chi connectivity index (χ3v) is 6.45. The molecule has 1 amide bonds. The molecule has 0 unspecified atom stereocenters. The first-order chi connectivity index (χ1) is 15.3. The minimum absolute atomic E-state index is 0.0299. The summed E-state index contributed by atoms with van der Waals surface area (Å²) in [7, 11) is -3.78. The molecule has 0 aliphatic rings. The highest BCUT2D eigenvalue weighted by Crippen LogP contribution is 2.36. The molecule has 0 fully saturated rings. The van der Waals surface area contributed by atoms with E-state index in [2.05, 4.69) is 20.6 Å². The highest BCUT2D eigenvalue weighted by atomic mass is 32.2. The average Bonchev–Trinajstić information content (AvgIpc) is 3.19. The van der Waals surface area contributed by atoms with E-state index in [4.69, 9.17) is 5.14 Å².